The smallest absolute Gasteiger partial charge is 0.224 e. The second kappa shape index (κ2) is 8.63. The zero-order valence-corrected chi connectivity index (χ0v) is 13.7. The number of likely N-dealkylation sites (N-methyl/N-ethyl adjacent to an activating group) is 1. The first-order valence-corrected chi connectivity index (χ1v) is 8.19. The van der Waals surface area contributed by atoms with Crippen molar-refractivity contribution in [3.05, 3.63) is 24.3 Å². The van der Waals surface area contributed by atoms with Crippen LogP contribution in [-0.2, 0) is 4.79 Å². The molecule has 2 rings (SSSR count). The number of carbonyl (C=O) groups is 1. The van der Waals surface area contributed by atoms with E-state index in [2.05, 4.69) is 17.1 Å². The van der Waals surface area contributed by atoms with E-state index in [4.69, 9.17) is 4.74 Å². The largest absolute Gasteiger partial charge is 0.494 e. The SMILES string of the molecule is CCOc1ccc(NCCC(=O)N2CCN(CC)CC2)cc1. The number of hydrogen-bond acceptors (Lipinski definition) is 4. The van der Waals surface area contributed by atoms with Gasteiger partial charge in [0, 0.05) is 44.8 Å². The summed E-state index contributed by atoms with van der Waals surface area (Å²) in [4.78, 5) is 16.5. The molecule has 0 saturated carbocycles. The third-order valence-corrected chi connectivity index (χ3v) is 4.01. The quantitative estimate of drug-likeness (QED) is 0.837. The third-order valence-electron chi connectivity index (χ3n) is 4.01. The van der Waals surface area contributed by atoms with E-state index in [9.17, 15) is 4.79 Å². The molecule has 122 valence electrons. The van der Waals surface area contributed by atoms with Crippen LogP contribution in [0.15, 0.2) is 24.3 Å². The van der Waals surface area contributed by atoms with Crippen molar-refractivity contribution in [3.8, 4) is 5.75 Å². The number of nitrogens with zero attached hydrogens (tertiary/aromatic N) is 2. The molecule has 1 aromatic rings. The van der Waals surface area contributed by atoms with Crippen LogP contribution in [0.3, 0.4) is 0 Å². The maximum atomic E-state index is 12.2. The molecule has 0 radical (unpaired) electrons. The minimum atomic E-state index is 0.245. The molecule has 0 aromatic heterocycles. The molecule has 0 spiro atoms. The zero-order chi connectivity index (χ0) is 15.8. The first-order valence-electron chi connectivity index (χ1n) is 8.19. The van der Waals surface area contributed by atoms with E-state index in [1.165, 1.54) is 0 Å². The highest BCUT2D eigenvalue weighted by molar-refractivity contribution is 5.76. The molecule has 1 fully saturated rings. The Balaban J connectivity index is 1.68. The van der Waals surface area contributed by atoms with E-state index in [1.807, 2.05) is 36.1 Å². The topological polar surface area (TPSA) is 44.8 Å². The van der Waals surface area contributed by atoms with Crippen molar-refractivity contribution in [1.29, 1.82) is 0 Å². The highest BCUT2D eigenvalue weighted by Gasteiger charge is 2.19. The molecule has 0 atom stereocenters. The van der Waals surface area contributed by atoms with Gasteiger partial charge < -0.3 is 19.9 Å². The number of benzene rings is 1. The number of nitrogens with one attached hydrogen (secondary N) is 1. The lowest BCUT2D eigenvalue weighted by atomic mass is 10.2. The minimum Gasteiger partial charge on any atom is -0.494 e. The molecule has 0 unspecified atom stereocenters. The van der Waals surface area contributed by atoms with Crippen molar-refractivity contribution in [3.63, 3.8) is 0 Å². The molecule has 1 aliphatic heterocycles. The van der Waals surface area contributed by atoms with E-state index in [1.54, 1.807) is 0 Å². The fourth-order valence-electron chi connectivity index (χ4n) is 2.62. The van der Waals surface area contributed by atoms with Gasteiger partial charge in [-0.2, -0.15) is 0 Å². The molecule has 0 aliphatic carbocycles. The van der Waals surface area contributed by atoms with Crippen LogP contribution in [-0.4, -0.2) is 61.6 Å². The van der Waals surface area contributed by atoms with E-state index >= 15 is 0 Å². The number of amides is 1. The second-order valence-electron chi connectivity index (χ2n) is 5.45. The minimum absolute atomic E-state index is 0.245. The van der Waals surface area contributed by atoms with Crippen LogP contribution >= 0.6 is 0 Å². The molecule has 5 heteroatoms. The van der Waals surface area contributed by atoms with Crippen molar-refractivity contribution in [1.82, 2.24) is 9.80 Å². The van der Waals surface area contributed by atoms with Gasteiger partial charge in [-0.3, -0.25) is 4.79 Å². The molecule has 1 amide bonds. The number of anilines is 1. The summed E-state index contributed by atoms with van der Waals surface area (Å²) in [5, 5.41) is 3.29. The summed E-state index contributed by atoms with van der Waals surface area (Å²) >= 11 is 0. The molecule has 1 aliphatic rings. The average molecular weight is 305 g/mol. The van der Waals surface area contributed by atoms with Gasteiger partial charge in [0.2, 0.25) is 5.91 Å². The van der Waals surface area contributed by atoms with Crippen LogP contribution < -0.4 is 10.1 Å². The van der Waals surface area contributed by atoms with Crippen LogP contribution in [0.1, 0.15) is 20.3 Å². The molecular formula is C17H27N3O2. The number of rotatable bonds is 7. The van der Waals surface area contributed by atoms with E-state index < -0.39 is 0 Å². The van der Waals surface area contributed by atoms with Crippen LogP contribution in [0, 0.1) is 0 Å². The summed E-state index contributed by atoms with van der Waals surface area (Å²) in [6, 6.07) is 7.85. The van der Waals surface area contributed by atoms with Crippen molar-refractivity contribution in [2.24, 2.45) is 0 Å². The van der Waals surface area contributed by atoms with Gasteiger partial charge in [-0.15, -0.1) is 0 Å². The summed E-state index contributed by atoms with van der Waals surface area (Å²) in [7, 11) is 0. The van der Waals surface area contributed by atoms with Crippen molar-refractivity contribution in [2.45, 2.75) is 20.3 Å². The second-order valence-corrected chi connectivity index (χ2v) is 5.45. The van der Waals surface area contributed by atoms with Crippen molar-refractivity contribution >= 4 is 11.6 Å². The Morgan fingerprint density at radius 1 is 1.14 bits per heavy atom. The number of piperazine rings is 1. The molecule has 5 nitrogen and oxygen atoms in total. The van der Waals surface area contributed by atoms with Gasteiger partial charge >= 0.3 is 0 Å². The Morgan fingerprint density at radius 3 is 2.41 bits per heavy atom. The highest BCUT2D eigenvalue weighted by Crippen LogP contribution is 2.15. The monoisotopic (exact) mass is 305 g/mol. The van der Waals surface area contributed by atoms with Gasteiger partial charge in [0.05, 0.1) is 6.61 Å². The van der Waals surface area contributed by atoms with Crippen molar-refractivity contribution < 1.29 is 9.53 Å². The normalized spacial score (nSPS) is 15.6. The molecule has 1 saturated heterocycles. The van der Waals surface area contributed by atoms with E-state index in [0.29, 0.717) is 19.6 Å². The van der Waals surface area contributed by atoms with Crippen LogP contribution in [0.5, 0.6) is 5.75 Å². The Morgan fingerprint density at radius 2 is 1.82 bits per heavy atom. The summed E-state index contributed by atoms with van der Waals surface area (Å²) in [6.45, 7) is 10.2. The van der Waals surface area contributed by atoms with E-state index in [0.717, 1.165) is 44.2 Å². The Kier molecular flexibility index (Phi) is 6.52. The predicted molar refractivity (Wildman–Crippen MR) is 89.4 cm³/mol. The molecule has 1 aromatic carbocycles. The number of ether oxygens (including phenoxy) is 1. The number of hydrogen-bond donors (Lipinski definition) is 1. The molecule has 0 bridgehead atoms. The predicted octanol–water partition coefficient (Wildman–Crippen LogP) is 2.05. The van der Waals surface area contributed by atoms with Crippen LogP contribution in [0.25, 0.3) is 0 Å². The lowest BCUT2D eigenvalue weighted by Crippen LogP contribution is -2.48. The van der Waals surface area contributed by atoms with Gasteiger partial charge in [-0.25, -0.2) is 0 Å². The van der Waals surface area contributed by atoms with Gasteiger partial charge in [0.25, 0.3) is 0 Å². The Hall–Kier alpha value is -1.75. The molecule has 1 N–H and O–H groups in total. The fraction of sp³-hybridized carbons (Fsp3) is 0.588. The summed E-state index contributed by atoms with van der Waals surface area (Å²) in [5.74, 6) is 1.12. The summed E-state index contributed by atoms with van der Waals surface area (Å²) in [5.41, 5.74) is 1.02. The van der Waals surface area contributed by atoms with Gasteiger partial charge in [0.1, 0.15) is 5.75 Å². The first-order chi connectivity index (χ1) is 10.7. The highest BCUT2D eigenvalue weighted by atomic mass is 16.5. The molecular weight excluding hydrogens is 278 g/mol. The Bertz CT molecular complexity index is 453. The Labute approximate surface area is 133 Å². The van der Waals surface area contributed by atoms with Crippen LogP contribution in [0.2, 0.25) is 0 Å². The fourth-order valence-corrected chi connectivity index (χ4v) is 2.62. The first kappa shape index (κ1) is 16.6. The lowest BCUT2D eigenvalue weighted by Gasteiger charge is -2.34. The maximum absolute atomic E-state index is 12.2. The maximum Gasteiger partial charge on any atom is 0.224 e. The lowest BCUT2D eigenvalue weighted by molar-refractivity contribution is -0.132. The van der Waals surface area contributed by atoms with Crippen molar-refractivity contribution in [2.75, 3.05) is 51.2 Å². The van der Waals surface area contributed by atoms with Gasteiger partial charge in [0.15, 0.2) is 0 Å². The average Bonchev–Trinajstić information content (AvgIpc) is 2.56. The van der Waals surface area contributed by atoms with Gasteiger partial charge in [-0.05, 0) is 37.7 Å². The molecule has 1 heterocycles. The van der Waals surface area contributed by atoms with Gasteiger partial charge in [-0.1, -0.05) is 6.92 Å². The summed E-state index contributed by atoms with van der Waals surface area (Å²) in [6.07, 6.45) is 0.541. The molecule has 22 heavy (non-hydrogen) atoms. The third kappa shape index (κ3) is 4.91. The van der Waals surface area contributed by atoms with Crippen LogP contribution in [0.4, 0.5) is 5.69 Å². The zero-order valence-electron chi connectivity index (χ0n) is 13.7. The van der Waals surface area contributed by atoms with E-state index in [-0.39, 0.29) is 5.91 Å². The summed E-state index contributed by atoms with van der Waals surface area (Å²) < 4.78 is 5.41. The standard InChI is InChI=1S/C17H27N3O2/c1-3-19-11-13-20(14-12-19)17(21)9-10-18-15-5-7-16(8-6-15)22-4-2/h5-8,18H,3-4,9-14H2,1-2H3. The number of carbonyl (C=O) groups excluding carboxylic acids is 1.